The summed E-state index contributed by atoms with van der Waals surface area (Å²) in [6, 6.07) is 7.14. The van der Waals surface area contributed by atoms with E-state index in [4.69, 9.17) is 5.26 Å². The molecule has 124 valence electrons. The first-order valence-electron chi connectivity index (χ1n) is 6.85. The summed E-state index contributed by atoms with van der Waals surface area (Å²) >= 11 is 1.12. The van der Waals surface area contributed by atoms with Crippen LogP contribution in [-0.4, -0.2) is 34.1 Å². The van der Waals surface area contributed by atoms with Crippen LogP contribution in [-0.2, 0) is 4.79 Å². The van der Waals surface area contributed by atoms with Crippen LogP contribution in [0, 0.1) is 21.4 Å². The van der Waals surface area contributed by atoms with Crippen molar-refractivity contribution in [1.29, 1.82) is 5.26 Å². The first kappa shape index (κ1) is 16.3. The topological polar surface area (TPSA) is 133 Å². The Balaban J connectivity index is 1.83. The van der Waals surface area contributed by atoms with E-state index in [1.54, 1.807) is 5.38 Å². The van der Waals surface area contributed by atoms with Crippen LogP contribution in [0.15, 0.2) is 29.6 Å². The number of nitro groups is 1. The molecule has 10 heteroatoms. The summed E-state index contributed by atoms with van der Waals surface area (Å²) in [5.41, 5.74) is -0.653. The summed E-state index contributed by atoms with van der Waals surface area (Å²) in [4.78, 5) is 47.7. The minimum Gasteiger partial charge on any atom is -0.315 e. The zero-order valence-corrected chi connectivity index (χ0v) is 13.2. The number of rotatable bonds is 4. The van der Waals surface area contributed by atoms with Crippen LogP contribution in [0.1, 0.15) is 26.3 Å². The number of nitro benzene ring substituents is 1. The van der Waals surface area contributed by atoms with Crippen LogP contribution in [0.4, 0.5) is 10.7 Å². The third-order valence-corrected chi connectivity index (χ3v) is 4.34. The molecule has 25 heavy (non-hydrogen) atoms. The number of hydrogen-bond acceptors (Lipinski definition) is 7. The highest BCUT2D eigenvalue weighted by Crippen LogP contribution is 2.30. The number of imide groups is 1. The maximum Gasteiger partial charge on any atom is 0.282 e. The Labute approximate surface area is 144 Å². The zero-order valence-electron chi connectivity index (χ0n) is 12.4. The average Bonchev–Trinajstić information content (AvgIpc) is 3.13. The molecular weight excluding hydrogens is 348 g/mol. The zero-order chi connectivity index (χ0) is 18.1. The van der Waals surface area contributed by atoms with Gasteiger partial charge in [0.2, 0.25) is 5.91 Å². The van der Waals surface area contributed by atoms with Gasteiger partial charge in [-0.05, 0) is 17.5 Å². The van der Waals surface area contributed by atoms with E-state index < -0.39 is 34.9 Å². The first-order valence-corrected chi connectivity index (χ1v) is 7.73. The number of carbonyl (C=O) groups excluding carboxylic acids is 3. The first-order chi connectivity index (χ1) is 11.9. The Morgan fingerprint density at radius 1 is 1.32 bits per heavy atom. The number of fused-ring (bicyclic) bond motifs is 1. The van der Waals surface area contributed by atoms with Gasteiger partial charge in [0.1, 0.15) is 23.2 Å². The molecule has 9 nitrogen and oxygen atoms in total. The average molecular weight is 356 g/mol. The van der Waals surface area contributed by atoms with Crippen molar-refractivity contribution in [2.75, 3.05) is 11.9 Å². The van der Waals surface area contributed by atoms with Gasteiger partial charge in [0.25, 0.3) is 17.5 Å². The van der Waals surface area contributed by atoms with Crippen LogP contribution in [0.3, 0.4) is 0 Å². The van der Waals surface area contributed by atoms with Gasteiger partial charge in [-0.25, -0.2) is 0 Å². The van der Waals surface area contributed by atoms with Gasteiger partial charge in [-0.2, -0.15) is 5.26 Å². The molecule has 1 aromatic carbocycles. The van der Waals surface area contributed by atoms with E-state index in [0.717, 1.165) is 17.4 Å². The molecule has 0 atom stereocenters. The largest absolute Gasteiger partial charge is 0.315 e. The second-order valence-corrected chi connectivity index (χ2v) is 5.89. The SMILES string of the molecule is N#Cc1ccsc1NC(=O)CN1C(=O)c2cccc([N+](=O)[O-])c2C1=O. The summed E-state index contributed by atoms with van der Waals surface area (Å²) < 4.78 is 0. The van der Waals surface area contributed by atoms with Crippen molar-refractivity contribution >= 4 is 39.7 Å². The number of carbonyl (C=O) groups is 3. The van der Waals surface area contributed by atoms with Gasteiger partial charge in [0.05, 0.1) is 16.1 Å². The highest BCUT2D eigenvalue weighted by Gasteiger charge is 2.41. The number of nitriles is 1. The number of amides is 3. The maximum absolute atomic E-state index is 12.4. The molecule has 0 unspecified atom stereocenters. The predicted octanol–water partition coefficient (Wildman–Crippen LogP) is 1.76. The predicted molar refractivity (Wildman–Crippen MR) is 86.1 cm³/mol. The van der Waals surface area contributed by atoms with Gasteiger partial charge in [0, 0.05) is 6.07 Å². The Morgan fingerprint density at radius 3 is 2.76 bits per heavy atom. The normalized spacial score (nSPS) is 12.7. The van der Waals surface area contributed by atoms with Crippen molar-refractivity contribution in [3.63, 3.8) is 0 Å². The fourth-order valence-electron chi connectivity index (χ4n) is 2.42. The lowest BCUT2D eigenvalue weighted by atomic mass is 10.1. The minimum absolute atomic E-state index is 0.110. The van der Waals surface area contributed by atoms with Crippen LogP contribution in [0.2, 0.25) is 0 Å². The highest BCUT2D eigenvalue weighted by atomic mass is 32.1. The quantitative estimate of drug-likeness (QED) is 0.504. The van der Waals surface area contributed by atoms with Crippen LogP contribution < -0.4 is 5.32 Å². The number of anilines is 1. The van der Waals surface area contributed by atoms with Crippen molar-refractivity contribution < 1.29 is 19.3 Å². The van der Waals surface area contributed by atoms with E-state index in [1.165, 1.54) is 18.2 Å². The Morgan fingerprint density at radius 2 is 2.08 bits per heavy atom. The second-order valence-electron chi connectivity index (χ2n) is 4.98. The molecule has 2 aromatic rings. The molecule has 0 fully saturated rings. The van der Waals surface area contributed by atoms with Crippen molar-refractivity contribution in [3.8, 4) is 6.07 Å². The summed E-state index contributed by atoms with van der Waals surface area (Å²) in [5, 5.41) is 24.3. The summed E-state index contributed by atoms with van der Waals surface area (Å²) in [6.07, 6.45) is 0. The Bertz CT molecular complexity index is 975. The third kappa shape index (κ3) is 2.73. The van der Waals surface area contributed by atoms with Gasteiger partial charge in [-0.1, -0.05) is 6.07 Å². The molecule has 0 radical (unpaired) electrons. The van der Waals surface area contributed by atoms with Crippen LogP contribution in [0.25, 0.3) is 0 Å². The van der Waals surface area contributed by atoms with Crippen molar-refractivity contribution in [1.82, 2.24) is 4.90 Å². The van der Waals surface area contributed by atoms with Crippen molar-refractivity contribution in [2.45, 2.75) is 0 Å². The molecule has 1 aromatic heterocycles. The molecule has 1 aliphatic rings. The second kappa shape index (κ2) is 6.14. The summed E-state index contributed by atoms with van der Waals surface area (Å²) in [7, 11) is 0. The van der Waals surface area contributed by atoms with Gasteiger partial charge in [-0.3, -0.25) is 29.4 Å². The Kier molecular flexibility index (Phi) is 4.00. The maximum atomic E-state index is 12.4. The van der Waals surface area contributed by atoms with Crippen molar-refractivity contribution in [3.05, 3.63) is 56.5 Å². The number of hydrogen-bond donors (Lipinski definition) is 1. The monoisotopic (exact) mass is 356 g/mol. The minimum atomic E-state index is -0.894. The van der Waals surface area contributed by atoms with E-state index in [-0.39, 0.29) is 16.7 Å². The number of thiophene rings is 1. The lowest BCUT2D eigenvalue weighted by Crippen LogP contribution is -2.37. The van der Waals surface area contributed by atoms with E-state index in [0.29, 0.717) is 9.90 Å². The van der Waals surface area contributed by atoms with E-state index in [9.17, 15) is 24.5 Å². The smallest absolute Gasteiger partial charge is 0.282 e. The summed E-state index contributed by atoms with van der Waals surface area (Å²) in [6.45, 7) is -0.605. The molecule has 0 saturated carbocycles. The molecule has 0 spiro atoms. The van der Waals surface area contributed by atoms with Crippen LogP contribution >= 0.6 is 11.3 Å². The molecule has 2 heterocycles. The third-order valence-electron chi connectivity index (χ3n) is 3.51. The van der Waals surface area contributed by atoms with E-state index in [1.807, 2.05) is 6.07 Å². The fraction of sp³-hybridized carbons (Fsp3) is 0.0667. The van der Waals surface area contributed by atoms with Crippen LogP contribution in [0.5, 0.6) is 0 Å². The lowest BCUT2D eigenvalue weighted by molar-refractivity contribution is -0.385. The number of nitrogens with one attached hydrogen (secondary N) is 1. The van der Waals surface area contributed by atoms with Gasteiger partial charge >= 0.3 is 0 Å². The van der Waals surface area contributed by atoms with E-state index >= 15 is 0 Å². The van der Waals surface area contributed by atoms with Gasteiger partial charge in [0.15, 0.2) is 0 Å². The molecule has 1 aliphatic heterocycles. The van der Waals surface area contributed by atoms with Crippen molar-refractivity contribution in [2.24, 2.45) is 0 Å². The van der Waals surface area contributed by atoms with Gasteiger partial charge in [-0.15, -0.1) is 11.3 Å². The molecule has 0 saturated heterocycles. The molecule has 0 aliphatic carbocycles. The number of benzene rings is 1. The number of nitrogens with zero attached hydrogens (tertiary/aromatic N) is 3. The highest BCUT2D eigenvalue weighted by molar-refractivity contribution is 7.14. The standard InChI is InChI=1S/C15H8N4O5S/c16-6-8-4-5-25-13(8)17-11(20)7-18-14(21)9-2-1-3-10(19(23)24)12(9)15(18)22/h1-5H,7H2,(H,17,20). The lowest BCUT2D eigenvalue weighted by Gasteiger charge is -2.13. The van der Waals surface area contributed by atoms with Gasteiger partial charge < -0.3 is 5.32 Å². The summed E-state index contributed by atoms with van der Waals surface area (Å²) in [5.74, 6) is -2.35. The molecule has 0 bridgehead atoms. The molecule has 1 N–H and O–H groups in total. The fourth-order valence-corrected chi connectivity index (χ4v) is 3.17. The van der Waals surface area contributed by atoms with E-state index in [2.05, 4.69) is 5.32 Å². The molecule has 3 amide bonds. The molecule has 3 rings (SSSR count). The Hall–Kier alpha value is -3.58. The molecular formula is C15H8N4O5S.